The quantitative estimate of drug-likeness (QED) is 0.339. The summed E-state index contributed by atoms with van der Waals surface area (Å²) in [5.41, 5.74) is 9.84. The van der Waals surface area contributed by atoms with Gasteiger partial charge in [-0.25, -0.2) is 4.79 Å². The highest BCUT2D eigenvalue weighted by molar-refractivity contribution is 5.53. The van der Waals surface area contributed by atoms with Gasteiger partial charge in [-0.15, -0.1) is 0 Å². The zero-order chi connectivity index (χ0) is 12.1. The molecular formula is C7H20N2O5. The first-order valence-electron chi connectivity index (χ1n) is 3.96. The fourth-order valence-corrected chi connectivity index (χ4v) is 0. The lowest BCUT2D eigenvalue weighted by Crippen LogP contribution is -2.14. The Morgan fingerprint density at radius 2 is 1.14 bits per heavy atom. The van der Waals surface area contributed by atoms with Gasteiger partial charge < -0.3 is 31.9 Å². The minimum atomic E-state index is -1.83. The average molecular weight is 212 g/mol. The van der Waals surface area contributed by atoms with E-state index >= 15 is 0 Å². The summed E-state index contributed by atoms with van der Waals surface area (Å²) >= 11 is 0. The lowest BCUT2D eigenvalue weighted by Gasteiger charge is -1.91. The minimum Gasteiger partial charge on any atom is -0.450 e. The Kier molecular flexibility index (Phi) is 19.6. The van der Waals surface area contributed by atoms with E-state index in [1.54, 1.807) is 13.8 Å². The first kappa shape index (κ1) is 18.8. The van der Waals surface area contributed by atoms with Crippen LogP contribution in [0.15, 0.2) is 0 Å². The molecule has 0 aromatic heterocycles. The number of hydrogen-bond acceptors (Lipinski definition) is 5. The number of carbonyl (C=O) groups is 1. The molecule has 0 aliphatic carbocycles. The summed E-state index contributed by atoms with van der Waals surface area (Å²) in [7, 11) is 0. The van der Waals surface area contributed by atoms with E-state index in [1.807, 2.05) is 0 Å². The number of hydrogen-bond donors (Lipinski definition) is 6. The predicted molar refractivity (Wildman–Crippen MR) is 52.1 cm³/mol. The molecule has 0 aliphatic heterocycles. The second-order valence-corrected chi connectivity index (χ2v) is 2.45. The van der Waals surface area contributed by atoms with Crippen LogP contribution in [0.4, 0.5) is 4.79 Å². The van der Waals surface area contributed by atoms with Crippen molar-refractivity contribution in [2.24, 2.45) is 11.5 Å². The van der Waals surface area contributed by atoms with Crippen molar-refractivity contribution in [3.8, 4) is 0 Å². The first-order chi connectivity index (χ1) is 6.27. The summed E-state index contributed by atoms with van der Waals surface area (Å²) in [6.45, 7) is 4.03. The van der Waals surface area contributed by atoms with Gasteiger partial charge in [0.05, 0.1) is 12.2 Å². The van der Waals surface area contributed by atoms with Gasteiger partial charge in [0.15, 0.2) is 0 Å². The molecule has 88 valence electrons. The van der Waals surface area contributed by atoms with Crippen molar-refractivity contribution in [3.63, 3.8) is 0 Å². The molecule has 0 bridgehead atoms. The SMILES string of the molecule is CC(O)CN.CC(O)CN.O=C(O)O. The third kappa shape index (κ3) is 117. The number of aliphatic hydroxyl groups excluding tert-OH is 2. The highest BCUT2D eigenvalue weighted by atomic mass is 16.6. The van der Waals surface area contributed by atoms with E-state index in [1.165, 1.54) is 0 Å². The van der Waals surface area contributed by atoms with Crippen LogP contribution in [0.5, 0.6) is 0 Å². The Hall–Kier alpha value is -0.890. The maximum Gasteiger partial charge on any atom is 0.503 e. The van der Waals surface area contributed by atoms with Crippen LogP contribution >= 0.6 is 0 Å². The predicted octanol–water partition coefficient (Wildman–Crippen LogP) is -1.13. The molecule has 0 aliphatic rings. The van der Waals surface area contributed by atoms with E-state index in [0.717, 1.165) is 0 Å². The Labute approximate surface area is 83.0 Å². The van der Waals surface area contributed by atoms with Crippen molar-refractivity contribution in [2.45, 2.75) is 26.1 Å². The molecule has 0 saturated carbocycles. The summed E-state index contributed by atoms with van der Waals surface area (Å²) in [6, 6.07) is 0. The van der Waals surface area contributed by atoms with Crippen molar-refractivity contribution in [2.75, 3.05) is 13.1 Å². The zero-order valence-corrected chi connectivity index (χ0v) is 8.42. The Morgan fingerprint density at radius 1 is 1.07 bits per heavy atom. The van der Waals surface area contributed by atoms with Crippen LogP contribution in [0, 0.1) is 0 Å². The normalized spacial score (nSPS) is 12.4. The summed E-state index contributed by atoms with van der Waals surface area (Å²) in [5, 5.41) is 30.4. The Balaban J connectivity index is -0.000000131. The lowest BCUT2D eigenvalue weighted by atomic mass is 10.4. The molecule has 8 N–H and O–H groups in total. The van der Waals surface area contributed by atoms with Crippen molar-refractivity contribution >= 4 is 6.16 Å². The van der Waals surface area contributed by atoms with Gasteiger partial charge in [0.1, 0.15) is 0 Å². The van der Waals surface area contributed by atoms with Gasteiger partial charge in [-0.3, -0.25) is 0 Å². The molecule has 0 aromatic carbocycles. The topological polar surface area (TPSA) is 150 Å². The number of nitrogens with two attached hydrogens (primary N) is 2. The standard InChI is InChI=1S/2C3H9NO.CH2O3/c2*1-3(5)2-4;2-1(3)4/h2*3,5H,2,4H2,1H3;(H2,2,3,4). The molecule has 0 spiro atoms. The molecule has 2 atom stereocenters. The lowest BCUT2D eigenvalue weighted by molar-refractivity contribution is 0.137. The third-order valence-electron chi connectivity index (χ3n) is 0.682. The second-order valence-electron chi connectivity index (χ2n) is 2.45. The molecule has 7 nitrogen and oxygen atoms in total. The Morgan fingerprint density at radius 3 is 1.14 bits per heavy atom. The van der Waals surface area contributed by atoms with E-state index < -0.39 is 6.16 Å². The smallest absolute Gasteiger partial charge is 0.450 e. The average Bonchev–Trinajstić information content (AvgIpc) is 2.04. The fourth-order valence-electron chi connectivity index (χ4n) is 0. The van der Waals surface area contributed by atoms with Crippen molar-refractivity contribution in [3.05, 3.63) is 0 Å². The monoisotopic (exact) mass is 212 g/mol. The second kappa shape index (κ2) is 14.6. The molecule has 14 heavy (non-hydrogen) atoms. The van der Waals surface area contributed by atoms with Crippen molar-refractivity contribution in [1.82, 2.24) is 0 Å². The molecule has 7 heteroatoms. The van der Waals surface area contributed by atoms with E-state index in [4.69, 9.17) is 36.7 Å². The maximum atomic E-state index is 8.56. The van der Waals surface area contributed by atoms with E-state index in [0.29, 0.717) is 13.1 Å². The highest BCUT2D eigenvalue weighted by Crippen LogP contribution is 1.66. The number of aliphatic hydroxyl groups is 2. The van der Waals surface area contributed by atoms with E-state index in [-0.39, 0.29) is 12.2 Å². The molecule has 0 fully saturated rings. The largest absolute Gasteiger partial charge is 0.503 e. The van der Waals surface area contributed by atoms with Crippen LogP contribution in [0.1, 0.15) is 13.8 Å². The molecule has 0 amide bonds. The summed E-state index contributed by atoms with van der Waals surface area (Å²) in [4.78, 5) is 8.56. The minimum absolute atomic E-state index is 0.338. The van der Waals surface area contributed by atoms with Crippen LogP contribution in [0.25, 0.3) is 0 Å². The molecular weight excluding hydrogens is 192 g/mol. The van der Waals surface area contributed by atoms with Crippen LogP contribution in [0.3, 0.4) is 0 Å². The van der Waals surface area contributed by atoms with E-state index in [2.05, 4.69) is 0 Å². The maximum absolute atomic E-state index is 8.56. The van der Waals surface area contributed by atoms with Gasteiger partial charge in [-0.2, -0.15) is 0 Å². The number of carboxylic acid groups (broad SMARTS) is 2. The summed E-state index contributed by atoms with van der Waals surface area (Å²) in [6.07, 6.45) is -2.51. The van der Waals surface area contributed by atoms with Crippen LogP contribution in [0.2, 0.25) is 0 Å². The fraction of sp³-hybridized carbons (Fsp3) is 0.857. The van der Waals surface area contributed by atoms with Crippen LogP contribution in [-0.4, -0.2) is 51.9 Å². The molecule has 0 heterocycles. The zero-order valence-electron chi connectivity index (χ0n) is 8.42. The first-order valence-corrected chi connectivity index (χ1v) is 3.96. The van der Waals surface area contributed by atoms with Crippen molar-refractivity contribution in [1.29, 1.82) is 0 Å². The summed E-state index contributed by atoms with van der Waals surface area (Å²) in [5.74, 6) is 0. The third-order valence-corrected chi connectivity index (χ3v) is 0.682. The Bertz CT molecular complexity index is 107. The molecule has 0 aromatic rings. The molecule has 0 rings (SSSR count). The number of rotatable bonds is 2. The molecule has 2 unspecified atom stereocenters. The van der Waals surface area contributed by atoms with Crippen LogP contribution < -0.4 is 11.5 Å². The molecule has 0 radical (unpaired) electrons. The molecule has 0 saturated heterocycles. The van der Waals surface area contributed by atoms with Crippen molar-refractivity contribution < 1.29 is 25.2 Å². The van der Waals surface area contributed by atoms with Gasteiger partial charge in [0, 0.05) is 13.1 Å². The summed E-state index contributed by atoms with van der Waals surface area (Å²) < 4.78 is 0. The van der Waals surface area contributed by atoms with Crippen LogP contribution in [-0.2, 0) is 0 Å². The van der Waals surface area contributed by atoms with Gasteiger partial charge in [-0.05, 0) is 13.8 Å². The van der Waals surface area contributed by atoms with Gasteiger partial charge >= 0.3 is 6.16 Å². The van der Waals surface area contributed by atoms with Gasteiger partial charge in [-0.1, -0.05) is 0 Å². The van der Waals surface area contributed by atoms with E-state index in [9.17, 15) is 0 Å². The highest BCUT2D eigenvalue weighted by Gasteiger charge is 1.82. The van der Waals surface area contributed by atoms with Gasteiger partial charge in [0.2, 0.25) is 0 Å². The van der Waals surface area contributed by atoms with Gasteiger partial charge in [0.25, 0.3) is 0 Å².